The Hall–Kier alpha value is -1.81. The first-order valence-corrected chi connectivity index (χ1v) is 5.87. The molecule has 0 bridgehead atoms. The summed E-state index contributed by atoms with van der Waals surface area (Å²) in [5, 5.41) is 0. The highest BCUT2D eigenvalue weighted by Crippen LogP contribution is 2.34. The van der Waals surface area contributed by atoms with Crippen LogP contribution in [-0.2, 0) is 0 Å². The molecule has 2 rings (SSSR count). The van der Waals surface area contributed by atoms with E-state index in [2.05, 4.69) is 0 Å². The molecule has 3 nitrogen and oxygen atoms in total. The van der Waals surface area contributed by atoms with Gasteiger partial charge in [-0.2, -0.15) is 0 Å². The lowest BCUT2D eigenvalue weighted by atomic mass is 10.1. The Morgan fingerprint density at radius 2 is 1.82 bits per heavy atom. The number of thiophene rings is 1. The van der Waals surface area contributed by atoms with E-state index in [4.69, 9.17) is 9.47 Å². The average molecular weight is 248 g/mol. The highest BCUT2D eigenvalue weighted by Gasteiger charge is 2.07. The molecule has 0 aliphatic rings. The van der Waals surface area contributed by atoms with Crippen LogP contribution in [0.2, 0.25) is 0 Å². The molecule has 2 aromatic rings. The molecule has 0 spiro atoms. The Labute approximate surface area is 104 Å². The van der Waals surface area contributed by atoms with Crippen LogP contribution in [0.5, 0.6) is 11.5 Å². The lowest BCUT2D eigenvalue weighted by molar-refractivity contribution is 0.112. The van der Waals surface area contributed by atoms with E-state index < -0.39 is 0 Å². The third-order valence-corrected chi connectivity index (χ3v) is 3.47. The van der Waals surface area contributed by atoms with E-state index in [9.17, 15) is 4.79 Å². The zero-order valence-electron chi connectivity index (χ0n) is 9.60. The van der Waals surface area contributed by atoms with Crippen molar-refractivity contribution in [2.75, 3.05) is 14.2 Å². The summed E-state index contributed by atoms with van der Waals surface area (Å²) in [6.45, 7) is 0. The summed E-state index contributed by atoms with van der Waals surface area (Å²) in [6.07, 6.45) is 0.856. The van der Waals surface area contributed by atoms with Crippen LogP contribution in [0.4, 0.5) is 0 Å². The monoisotopic (exact) mass is 248 g/mol. The Bertz CT molecular complexity index is 531. The van der Waals surface area contributed by atoms with Gasteiger partial charge in [-0.05, 0) is 35.9 Å². The molecule has 0 aliphatic carbocycles. The fraction of sp³-hybridized carbons (Fsp3) is 0.154. The molecule has 1 heterocycles. The number of carbonyl (C=O) groups is 1. The first-order valence-electron chi connectivity index (χ1n) is 5.06. The molecular formula is C13H12O3S. The minimum atomic E-state index is 0.686. The lowest BCUT2D eigenvalue weighted by Crippen LogP contribution is -1.90. The standard InChI is InChI=1S/C13H12O3S/c1-15-11-5-3-9(7-12(11)16-2)13-6-4-10(8-14)17-13/h3-8H,1-2H3. The predicted molar refractivity (Wildman–Crippen MR) is 68.2 cm³/mol. The number of benzene rings is 1. The molecule has 0 radical (unpaired) electrons. The van der Waals surface area contributed by atoms with Crippen molar-refractivity contribution in [2.45, 2.75) is 0 Å². The average Bonchev–Trinajstić information content (AvgIpc) is 2.86. The van der Waals surface area contributed by atoms with Crippen molar-refractivity contribution in [3.05, 3.63) is 35.2 Å². The second-order valence-corrected chi connectivity index (χ2v) is 4.50. The number of hydrogen-bond acceptors (Lipinski definition) is 4. The number of ether oxygens (including phenoxy) is 2. The number of rotatable bonds is 4. The van der Waals surface area contributed by atoms with Crippen LogP contribution in [0, 0.1) is 0 Å². The van der Waals surface area contributed by atoms with Gasteiger partial charge in [0.2, 0.25) is 0 Å². The van der Waals surface area contributed by atoms with E-state index in [1.165, 1.54) is 11.3 Å². The maximum Gasteiger partial charge on any atom is 0.161 e. The van der Waals surface area contributed by atoms with Gasteiger partial charge in [0.05, 0.1) is 19.1 Å². The molecular weight excluding hydrogens is 236 g/mol. The highest BCUT2D eigenvalue weighted by atomic mass is 32.1. The molecule has 0 aliphatic heterocycles. The second kappa shape index (κ2) is 5.01. The van der Waals surface area contributed by atoms with Gasteiger partial charge in [0.1, 0.15) is 0 Å². The van der Waals surface area contributed by atoms with Gasteiger partial charge in [0.25, 0.3) is 0 Å². The summed E-state index contributed by atoms with van der Waals surface area (Å²) >= 11 is 1.45. The van der Waals surface area contributed by atoms with Crippen LogP contribution in [-0.4, -0.2) is 20.5 Å². The van der Waals surface area contributed by atoms with Gasteiger partial charge in [0, 0.05) is 4.88 Å². The Morgan fingerprint density at radius 3 is 2.41 bits per heavy atom. The van der Waals surface area contributed by atoms with Crippen LogP contribution < -0.4 is 9.47 Å². The summed E-state index contributed by atoms with van der Waals surface area (Å²) in [4.78, 5) is 12.4. The fourth-order valence-corrected chi connectivity index (χ4v) is 2.38. The fourth-order valence-electron chi connectivity index (χ4n) is 1.56. The molecule has 0 N–H and O–H groups in total. The minimum absolute atomic E-state index is 0.686. The predicted octanol–water partition coefficient (Wildman–Crippen LogP) is 3.24. The van der Waals surface area contributed by atoms with E-state index >= 15 is 0 Å². The van der Waals surface area contributed by atoms with Crippen LogP contribution in [0.15, 0.2) is 30.3 Å². The zero-order valence-corrected chi connectivity index (χ0v) is 10.4. The molecule has 0 unspecified atom stereocenters. The van der Waals surface area contributed by atoms with Gasteiger partial charge >= 0.3 is 0 Å². The highest BCUT2D eigenvalue weighted by molar-refractivity contribution is 7.17. The van der Waals surface area contributed by atoms with Crippen molar-refractivity contribution in [1.82, 2.24) is 0 Å². The van der Waals surface area contributed by atoms with Gasteiger partial charge < -0.3 is 9.47 Å². The Kier molecular flexibility index (Phi) is 3.44. The Morgan fingerprint density at radius 1 is 1.06 bits per heavy atom. The molecule has 0 saturated heterocycles. The van der Waals surface area contributed by atoms with E-state index in [1.807, 2.05) is 30.3 Å². The first-order chi connectivity index (χ1) is 8.28. The summed E-state index contributed by atoms with van der Waals surface area (Å²) in [5.41, 5.74) is 1.01. The summed E-state index contributed by atoms with van der Waals surface area (Å²) in [6, 6.07) is 9.44. The lowest BCUT2D eigenvalue weighted by Gasteiger charge is -2.08. The van der Waals surface area contributed by atoms with Crippen molar-refractivity contribution in [2.24, 2.45) is 0 Å². The third-order valence-electron chi connectivity index (χ3n) is 2.41. The van der Waals surface area contributed by atoms with Gasteiger partial charge in [0.15, 0.2) is 17.8 Å². The van der Waals surface area contributed by atoms with Crippen LogP contribution in [0.3, 0.4) is 0 Å². The van der Waals surface area contributed by atoms with Crippen LogP contribution in [0.1, 0.15) is 9.67 Å². The first kappa shape index (κ1) is 11.7. The van der Waals surface area contributed by atoms with Gasteiger partial charge in [-0.1, -0.05) is 0 Å². The number of methoxy groups -OCH3 is 2. The largest absolute Gasteiger partial charge is 0.493 e. The smallest absolute Gasteiger partial charge is 0.161 e. The van der Waals surface area contributed by atoms with E-state index in [-0.39, 0.29) is 0 Å². The molecule has 4 heteroatoms. The molecule has 0 fully saturated rings. The molecule has 0 atom stereocenters. The topological polar surface area (TPSA) is 35.5 Å². The number of aldehydes is 1. The van der Waals surface area contributed by atoms with Crippen molar-refractivity contribution in [3.8, 4) is 21.9 Å². The Balaban J connectivity index is 2.42. The van der Waals surface area contributed by atoms with Gasteiger partial charge in [-0.25, -0.2) is 0 Å². The van der Waals surface area contributed by atoms with Crippen molar-refractivity contribution in [1.29, 1.82) is 0 Å². The molecule has 1 aromatic carbocycles. The van der Waals surface area contributed by atoms with Crippen molar-refractivity contribution >= 4 is 17.6 Å². The maximum atomic E-state index is 10.6. The maximum absolute atomic E-state index is 10.6. The summed E-state index contributed by atoms with van der Waals surface area (Å²) in [7, 11) is 3.21. The van der Waals surface area contributed by atoms with E-state index in [1.54, 1.807) is 14.2 Å². The minimum Gasteiger partial charge on any atom is -0.493 e. The van der Waals surface area contributed by atoms with Crippen LogP contribution >= 0.6 is 11.3 Å². The summed E-state index contributed by atoms with van der Waals surface area (Å²) < 4.78 is 10.4. The number of hydrogen-bond donors (Lipinski definition) is 0. The van der Waals surface area contributed by atoms with Crippen molar-refractivity contribution in [3.63, 3.8) is 0 Å². The summed E-state index contributed by atoms with van der Waals surface area (Å²) in [5.74, 6) is 1.38. The molecule has 17 heavy (non-hydrogen) atoms. The van der Waals surface area contributed by atoms with E-state index in [0.29, 0.717) is 11.5 Å². The number of carbonyl (C=O) groups excluding carboxylic acids is 1. The van der Waals surface area contributed by atoms with Gasteiger partial charge in [-0.15, -0.1) is 11.3 Å². The van der Waals surface area contributed by atoms with Gasteiger partial charge in [-0.3, -0.25) is 4.79 Å². The second-order valence-electron chi connectivity index (χ2n) is 3.39. The third kappa shape index (κ3) is 2.31. The normalized spacial score (nSPS) is 10.0. The quantitative estimate of drug-likeness (QED) is 0.779. The zero-order chi connectivity index (χ0) is 12.3. The van der Waals surface area contributed by atoms with Crippen molar-refractivity contribution < 1.29 is 14.3 Å². The molecule has 0 saturated carbocycles. The van der Waals surface area contributed by atoms with E-state index in [0.717, 1.165) is 21.6 Å². The molecule has 88 valence electrons. The molecule has 0 amide bonds. The SMILES string of the molecule is COc1ccc(-c2ccc(C=O)s2)cc1OC. The van der Waals surface area contributed by atoms with Crippen LogP contribution in [0.25, 0.3) is 10.4 Å². The molecule has 1 aromatic heterocycles.